The van der Waals surface area contributed by atoms with E-state index in [0.717, 1.165) is 51.4 Å². The van der Waals surface area contributed by atoms with E-state index in [4.69, 9.17) is 4.74 Å². The second-order valence-corrected chi connectivity index (χ2v) is 21.4. The second-order valence-electron chi connectivity index (χ2n) is 21.4. The number of hydrogen-bond acceptors (Lipinski definition) is 5. The van der Waals surface area contributed by atoms with Crippen LogP contribution in [0.4, 0.5) is 0 Å². The average Bonchev–Trinajstić information content (AvgIpc) is 3.36. The molecule has 0 aromatic heterocycles. The summed E-state index contributed by atoms with van der Waals surface area (Å²) in [6, 6.07) is -0.539. The van der Waals surface area contributed by atoms with Crippen LogP contribution in [0.25, 0.3) is 0 Å². The Labute approximate surface area is 436 Å². The first kappa shape index (κ1) is 68.1. The minimum atomic E-state index is -0.662. The van der Waals surface area contributed by atoms with Crippen molar-refractivity contribution >= 4 is 11.9 Å². The predicted molar refractivity (Wildman–Crippen MR) is 306 cm³/mol. The molecule has 2 unspecified atom stereocenters. The van der Waals surface area contributed by atoms with Crippen LogP contribution in [0, 0.1) is 0 Å². The van der Waals surface area contributed by atoms with Crippen molar-refractivity contribution in [2.24, 2.45) is 0 Å². The van der Waals surface area contributed by atoms with Gasteiger partial charge in [0.1, 0.15) is 0 Å². The molecule has 412 valence electrons. The largest absolute Gasteiger partial charge is 0.466 e. The van der Waals surface area contributed by atoms with Crippen LogP contribution in [-0.2, 0) is 14.3 Å². The molecular weight excluding hydrogens is 863 g/mol. The molecule has 0 aromatic rings. The molecular formula is C64H121NO5. The van der Waals surface area contributed by atoms with Crippen molar-refractivity contribution in [2.75, 3.05) is 13.2 Å². The number of aliphatic hydroxyl groups excluding tert-OH is 2. The monoisotopic (exact) mass is 984 g/mol. The molecule has 0 aliphatic carbocycles. The van der Waals surface area contributed by atoms with Gasteiger partial charge in [0, 0.05) is 12.8 Å². The maximum absolute atomic E-state index is 12.4. The summed E-state index contributed by atoms with van der Waals surface area (Å²) in [6.45, 7) is 4.89. The van der Waals surface area contributed by atoms with Gasteiger partial charge in [-0.1, -0.05) is 281 Å². The summed E-state index contributed by atoms with van der Waals surface area (Å²) < 4.78 is 5.47. The zero-order valence-corrected chi connectivity index (χ0v) is 47.0. The van der Waals surface area contributed by atoms with Gasteiger partial charge in [-0.15, -0.1) is 0 Å². The molecule has 0 saturated heterocycles. The lowest BCUT2D eigenvalue weighted by Crippen LogP contribution is -2.45. The summed E-state index contributed by atoms with van der Waals surface area (Å²) in [7, 11) is 0. The van der Waals surface area contributed by atoms with Crippen LogP contribution in [0.3, 0.4) is 0 Å². The molecule has 70 heavy (non-hydrogen) atoms. The average molecular weight is 985 g/mol. The van der Waals surface area contributed by atoms with Gasteiger partial charge in [-0.25, -0.2) is 0 Å². The van der Waals surface area contributed by atoms with Gasteiger partial charge in [-0.05, 0) is 77.0 Å². The van der Waals surface area contributed by atoms with E-state index in [0.29, 0.717) is 25.9 Å². The van der Waals surface area contributed by atoms with Crippen LogP contribution in [0.2, 0.25) is 0 Å². The van der Waals surface area contributed by atoms with Gasteiger partial charge in [0.15, 0.2) is 0 Å². The number of amides is 1. The Morgan fingerprint density at radius 2 is 0.743 bits per heavy atom. The lowest BCUT2D eigenvalue weighted by Gasteiger charge is -2.22. The molecule has 0 saturated carbocycles. The highest BCUT2D eigenvalue weighted by Crippen LogP contribution is 2.17. The van der Waals surface area contributed by atoms with Gasteiger partial charge in [-0.3, -0.25) is 9.59 Å². The number of ether oxygens (including phenoxy) is 1. The molecule has 6 nitrogen and oxygen atoms in total. The topological polar surface area (TPSA) is 95.9 Å². The number of rotatable bonds is 58. The fourth-order valence-electron chi connectivity index (χ4n) is 9.61. The SMILES string of the molecule is CCC/C=C\C/C=C\CCCCCCCC(=O)OCCCCCCCCCCCCCC/C=C\CCCCCCCCCCCCCCCC(=O)NC(CO)C(O)CCCCCCCCCCCCC. The van der Waals surface area contributed by atoms with Crippen molar-refractivity contribution in [1.82, 2.24) is 5.32 Å². The molecule has 0 aliphatic rings. The van der Waals surface area contributed by atoms with Crippen molar-refractivity contribution in [3.8, 4) is 0 Å². The van der Waals surface area contributed by atoms with Gasteiger partial charge in [0.05, 0.1) is 25.4 Å². The third kappa shape index (κ3) is 55.4. The molecule has 6 heteroatoms. The fourth-order valence-corrected chi connectivity index (χ4v) is 9.61. The number of unbranched alkanes of at least 4 members (excludes halogenated alkanes) is 41. The number of allylic oxidation sites excluding steroid dienone is 6. The third-order valence-corrected chi connectivity index (χ3v) is 14.4. The van der Waals surface area contributed by atoms with E-state index in [9.17, 15) is 19.8 Å². The molecule has 0 heterocycles. The predicted octanol–water partition coefficient (Wildman–Crippen LogP) is 19.6. The van der Waals surface area contributed by atoms with Gasteiger partial charge in [0.2, 0.25) is 5.91 Å². The van der Waals surface area contributed by atoms with Gasteiger partial charge >= 0.3 is 5.97 Å². The number of nitrogens with one attached hydrogen (secondary N) is 1. The highest BCUT2D eigenvalue weighted by molar-refractivity contribution is 5.76. The molecule has 3 N–H and O–H groups in total. The van der Waals surface area contributed by atoms with Gasteiger partial charge in [0.25, 0.3) is 0 Å². The lowest BCUT2D eigenvalue weighted by molar-refractivity contribution is -0.143. The Balaban J connectivity index is 3.36. The van der Waals surface area contributed by atoms with Crippen molar-refractivity contribution in [3.63, 3.8) is 0 Å². The lowest BCUT2D eigenvalue weighted by atomic mass is 10.0. The van der Waals surface area contributed by atoms with Crippen LogP contribution in [0.5, 0.6) is 0 Å². The normalized spacial score (nSPS) is 12.8. The molecule has 0 aliphatic heterocycles. The molecule has 0 fully saturated rings. The van der Waals surface area contributed by atoms with Gasteiger partial charge < -0.3 is 20.3 Å². The molecule has 0 aromatic carbocycles. The van der Waals surface area contributed by atoms with E-state index in [2.05, 4.69) is 55.6 Å². The Morgan fingerprint density at radius 3 is 1.16 bits per heavy atom. The molecule has 0 rings (SSSR count). The minimum Gasteiger partial charge on any atom is -0.466 e. The van der Waals surface area contributed by atoms with Gasteiger partial charge in [-0.2, -0.15) is 0 Å². The van der Waals surface area contributed by atoms with Crippen LogP contribution in [-0.4, -0.2) is 47.4 Å². The number of carbonyl (C=O) groups is 2. The Hall–Kier alpha value is -1.92. The van der Waals surface area contributed by atoms with Crippen LogP contribution in [0.15, 0.2) is 36.5 Å². The summed E-state index contributed by atoms with van der Waals surface area (Å²) in [5, 5.41) is 23.2. The van der Waals surface area contributed by atoms with Crippen molar-refractivity contribution in [2.45, 2.75) is 347 Å². The third-order valence-electron chi connectivity index (χ3n) is 14.4. The van der Waals surface area contributed by atoms with Crippen LogP contribution >= 0.6 is 0 Å². The number of esters is 1. The quantitative estimate of drug-likeness (QED) is 0.0321. The van der Waals surface area contributed by atoms with E-state index in [-0.39, 0.29) is 18.5 Å². The maximum Gasteiger partial charge on any atom is 0.305 e. The number of carbonyl (C=O) groups excluding carboxylic acids is 2. The van der Waals surface area contributed by atoms with Crippen LogP contribution < -0.4 is 5.32 Å². The molecule has 2 atom stereocenters. The summed E-state index contributed by atoms with van der Waals surface area (Å²) in [5.74, 6) is -0.0335. The van der Waals surface area contributed by atoms with Crippen LogP contribution in [0.1, 0.15) is 335 Å². The van der Waals surface area contributed by atoms with E-state index in [1.807, 2.05) is 0 Å². The second kappa shape index (κ2) is 59.6. The van der Waals surface area contributed by atoms with E-state index >= 15 is 0 Å². The molecule has 0 radical (unpaired) electrons. The minimum absolute atomic E-state index is 0.000939. The highest BCUT2D eigenvalue weighted by Gasteiger charge is 2.20. The fraction of sp³-hybridized carbons (Fsp3) is 0.875. The molecule has 0 bridgehead atoms. The van der Waals surface area contributed by atoms with Crippen molar-refractivity contribution in [1.29, 1.82) is 0 Å². The Bertz CT molecular complexity index is 1130. The first-order valence-electron chi connectivity index (χ1n) is 31.2. The maximum atomic E-state index is 12.4. The zero-order chi connectivity index (χ0) is 50.7. The van der Waals surface area contributed by atoms with E-state index in [1.165, 1.54) is 250 Å². The Morgan fingerprint density at radius 1 is 0.400 bits per heavy atom. The van der Waals surface area contributed by atoms with E-state index in [1.54, 1.807) is 0 Å². The zero-order valence-electron chi connectivity index (χ0n) is 47.0. The van der Waals surface area contributed by atoms with Crippen molar-refractivity contribution < 1.29 is 24.5 Å². The summed E-state index contributed by atoms with van der Waals surface area (Å²) in [5.41, 5.74) is 0. The Kier molecular flexibility index (Phi) is 58.0. The first-order chi connectivity index (χ1) is 34.5. The smallest absolute Gasteiger partial charge is 0.305 e. The standard InChI is InChI=1S/C64H121NO5/c1-3-5-7-9-11-13-15-33-38-42-46-50-54-58-64(69)70-59-55-51-47-43-39-35-32-30-28-26-24-22-20-18-16-17-19-21-23-25-27-29-31-34-37-41-45-49-53-57-63(68)65-61(60-66)62(67)56-52-48-44-40-36-14-12-10-8-6-4-2/h7,9,13,15-16,18,61-62,66-67H,3-6,8,10-12,14,17,19-60H2,1-2H3,(H,65,68)/b9-7-,15-13-,18-16-. The summed E-state index contributed by atoms with van der Waals surface area (Å²) in [6.07, 6.45) is 74.6. The highest BCUT2D eigenvalue weighted by atomic mass is 16.5. The number of aliphatic hydroxyl groups is 2. The number of hydrogen-bond donors (Lipinski definition) is 3. The summed E-state index contributed by atoms with van der Waals surface area (Å²) >= 11 is 0. The molecule has 1 amide bonds. The first-order valence-corrected chi connectivity index (χ1v) is 31.2. The molecule has 0 spiro atoms. The van der Waals surface area contributed by atoms with E-state index < -0.39 is 12.1 Å². The van der Waals surface area contributed by atoms with Crippen molar-refractivity contribution in [3.05, 3.63) is 36.5 Å². The summed E-state index contributed by atoms with van der Waals surface area (Å²) in [4.78, 5) is 24.5.